The summed E-state index contributed by atoms with van der Waals surface area (Å²) in [6.45, 7) is 2.80. The van der Waals surface area contributed by atoms with Gasteiger partial charge in [-0.1, -0.05) is 12.1 Å². The van der Waals surface area contributed by atoms with Crippen LogP contribution in [0.15, 0.2) is 42.5 Å². The molecule has 1 heterocycles. The van der Waals surface area contributed by atoms with E-state index in [0.29, 0.717) is 0 Å². The summed E-state index contributed by atoms with van der Waals surface area (Å²) in [4.78, 5) is 4.52. The molecule has 1 aromatic heterocycles. The van der Waals surface area contributed by atoms with E-state index in [-0.39, 0.29) is 5.82 Å². The second-order valence-electron chi connectivity index (χ2n) is 4.94. The van der Waals surface area contributed by atoms with E-state index in [4.69, 9.17) is 5.73 Å². The molecule has 0 amide bonds. The number of nitrogens with two attached hydrogens (primary N) is 1. The average Bonchev–Trinajstić information content (AvgIpc) is 2.73. The van der Waals surface area contributed by atoms with Crippen molar-refractivity contribution >= 4 is 16.7 Å². The van der Waals surface area contributed by atoms with Gasteiger partial charge in [-0.15, -0.1) is 0 Å². The van der Waals surface area contributed by atoms with Gasteiger partial charge in [0, 0.05) is 12.2 Å². The molecule has 0 saturated heterocycles. The Balaban J connectivity index is 1.87. The predicted octanol–water partition coefficient (Wildman–Crippen LogP) is 3.31. The lowest BCUT2D eigenvalue weighted by atomic mass is 10.1. The van der Waals surface area contributed by atoms with Crippen LogP contribution < -0.4 is 5.73 Å². The normalized spacial score (nSPS) is 11.1. The van der Waals surface area contributed by atoms with Gasteiger partial charge < -0.3 is 10.3 Å². The van der Waals surface area contributed by atoms with E-state index < -0.39 is 0 Å². The van der Waals surface area contributed by atoms with Crippen molar-refractivity contribution in [2.75, 3.05) is 5.73 Å². The Labute approximate surface area is 116 Å². The van der Waals surface area contributed by atoms with Gasteiger partial charge in [0.2, 0.25) is 0 Å². The molecule has 0 aliphatic heterocycles. The van der Waals surface area contributed by atoms with Crippen LogP contribution >= 0.6 is 0 Å². The standard InChI is InChI=1S/C16H16FN3/c1-11-19-15-10-14(18)6-7-16(15)20(11)9-8-12-2-4-13(17)5-3-12/h2-7,10H,8-9,18H2,1H3. The fraction of sp³-hybridized carbons (Fsp3) is 0.188. The summed E-state index contributed by atoms with van der Waals surface area (Å²) in [5.74, 6) is 0.765. The van der Waals surface area contributed by atoms with E-state index in [1.807, 2.05) is 37.3 Å². The molecule has 0 spiro atoms. The molecule has 0 bridgehead atoms. The minimum absolute atomic E-state index is 0.200. The molecule has 4 heteroatoms. The Morgan fingerprint density at radius 1 is 1.15 bits per heavy atom. The van der Waals surface area contributed by atoms with Crippen LogP contribution in [-0.2, 0) is 13.0 Å². The molecule has 0 saturated carbocycles. The number of benzene rings is 2. The van der Waals surface area contributed by atoms with Crippen molar-refractivity contribution in [3.8, 4) is 0 Å². The summed E-state index contributed by atoms with van der Waals surface area (Å²) in [6, 6.07) is 12.4. The lowest BCUT2D eigenvalue weighted by Gasteiger charge is -2.07. The average molecular weight is 269 g/mol. The Bertz CT molecular complexity index is 744. The number of halogens is 1. The Hall–Kier alpha value is -2.36. The van der Waals surface area contributed by atoms with Crippen molar-refractivity contribution in [1.29, 1.82) is 0 Å². The van der Waals surface area contributed by atoms with Gasteiger partial charge in [0.1, 0.15) is 11.6 Å². The highest BCUT2D eigenvalue weighted by Gasteiger charge is 2.07. The summed E-state index contributed by atoms with van der Waals surface area (Å²) < 4.78 is 15.0. The number of nitrogens with zero attached hydrogens (tertiary/aromatic N) is 2. The molecule has 3 nitrogen and oxygen atoms in total. The van der Waals surface area contributed by atoms with Gasteiger partial charge >= 0.3 is 0 Å². The first-order valence-electron chi connectivity index (χ1n) is 6.60. The zero-order valence-corrected chi connectivity index (χ0v) is 11.3. The molecule has 0 aliphatic carbocycles. The summed E-state index contributed by atoms with van der Waals surface area (Å²) in [5.41, 5.74) is 9.61. The van der Waals surface area contributed by atoms with E-state index in [1.54, 1.807) is 0 Å². The highest BCUT2D eigenvalue weighted by Crippen LogP contribution is 2.19. The fourth-order valence-corrected chi connectivity index (χ4v) is 2.44. The van der Waals surface area contributed by atoms with Crippen LogP contribution in [0.4, 0.5) is 10.1 Å². The Morgan fingerprint density at radius 2 is 1.90 bits per heavy atom. The first-order chi connectivity index (χ1) is 9.63. The van der Waals surface area contributed by atoms with Crippen LogP contribution in [0.2, 0.25) is 0 Å². The first kappa shape index (κ1) is 12.7. The summed E-state index contributed by atoms with van der Waals surface area (Å²) in [5, 5.41) is 0. The highest BCUT2D eigenvalue weighted by atomic mass is 19.1. The van der Waals surface area contributed by atoms with Gasteiger partial charge in [0.25, 0.3) is 0 Å². The van der Waals surface area contributed by atoms with Gasteiger partial charge in [-0.3, -0.25) is 0 Å². The Morgan fingerprint density at radius 3 is 2.65 bits per heavy atom. The first-order valence-corrected chi connectivity index (χ1v) is 6.60. The maximum atomic E-state index is 12.9. The highest BCUT2D eigenvalue weighted by molar-refractivity contribution is 5.79. The van der Waals surface area contributed by atoms with E-state index in [0.717, 1.165) is 41.1 Å². The molecule has 0 radical (unpaired) electrons. The van der Waals surface area contributed by atoms with Crippen molar-refractivity contribution in [3.63, 3.8) is 0 Å². The summed E-state index contributed by atoms with van der Waals surface area (Å²) in [6.07, 6.45) is 0.844. The van der Waals surface area contributed by atoms with Crippen molar-refractivity contribution < 1.29 is 4.39 Å². The van der Waals surface area contributed by atoms with Crippen LogP contribution in [0.1, 0.15) is 11.4 Å². The molecule has 0 fully saturated rings. The SMILES string of the molecule is Cc1nc2cc(N)ccc2n1CCc1ccc(F)cc1. The number of fused-ring (bicyclic) bond motifs is 1. The van der Waals surface area contributed by atoms with Gasteiger partial charge in [-0.25, -0.2) is 9.37 Å². The fourth-order valence-electron chi connectivity index (χ4n) is 2.44. The Kier molecular flexibility index (Phi) is 3.14. The van der Waals surface area contributed by atoms with Crippen molar-refractivity contribution in [1.82, 2.24) is 9.55 Å². The third-order valence-corrected chi connectivity index (χ3v) is 3.50. The second-order valence-corrected chi connectivity index (χ2v) is 4.94. The zero-order chi connectivity index (χ0) is 14.1. The molecule has 3 rings (SSSR count). The number of rotatable bonds is 3. The van der Waals surface area contributed by atoms with Crippen LogP contribution in [0.25, 0.3) is 11.0 Å². The lowest BCUT2D eigenvalue weighted by Crippen LogP contribution is -2.03. The van der Waals surface area contributed by atoms with Gasteiger partial charge in [-0.05, 0) is 49.2 Å². The number of hydrogen-bond acceptors (Lipinski definition) is 2. The topological polar surface area (TPSA) is 43.8 Å². The second kappa shape index (κ2) is 4.96. The van der Waals surface area contributed by atoms with E-state index in [9.17, 15) is 4.39 Å². The van der Waals surface area contributed by atoms with E-state index in [1.165, 1.54) is 12.1 Å². The van der Waals surface area contributed by atoms with Gasteiger partial charge in [0.05, 0.1) is 11.0 Å². The molecule has 102 valence electrons. The van der Waals surface area contributed by atoms with Gasteiger partial charge in [-0.2, -0.15) is 0 Å². The minimum Gasteiger partial charge on any atom is -0.399 e. The monoisotopic (exact) mass is 269 g/mol. The van der Waals surface area contributed by atoms with Crippen LogP contribution in [0.3, 0.4) is 0 Å². The van der Waals surface area contributed by atoms with E-state index >= 15 is 0 Å². The van der Waals surface area contributed by atoms with Crippen molar-refractivity contribution in [2.24, 2.45) is 0 Å². The molecule has 2 N–H and O–H groups in total. The van der Waals surface area contributed by atoms with Crippen LogP contribution in [0.5, 0.6) is 0 Å². The number of aromatic nitrogens is 2. The molecular weight excluding hydrogens is 253 g/mol. The summed E-state index contributed by atoms with van der Waals surface area (Å²) >= 11 is 0. The molecule has 0 aliphatic rings. The van der Waals surface area contributed by atoms with Crippen LogP contribution in [0, 0.1) is 12.7 Å². The summed E-state index contributed by atoms with van der Waals surface area (Å²) in [7, 11) is 0. The maximum Gasteiger partial charge on any atom is 0.123 e. The molecule has 2 aromatic carbocycles. The largest absolute Gasteiger partial charge is 0.399 e. The number of aryl methyl sites for hydroxylation is 3. The molecule has 20 heavy (non-hydrogen) atoms. The predicted molar refractivity (Wildman–Crippen MR) is 79.0 cm³/mol. The minimum atomic E-state index is -0.200. The smallest absolute Gasteiger partial charge is 0.123 e. The van der Waals surface area contributed by atoms with Gasteiger partial charge in [0.15, 0.2) is 0 Å². The third-order valence-electron chi connectivity index (χ3n) is 3.50. The molecule has 0 atom stereocenters. The number of anilines is 1. The lowest BCUT2D eigenvalue weighted by molar-refractivity contribution is 0.625. The van der Waals surface area contributed by atoms with Crippen molar-refractivity contribution in [3.05, 3.63) is 59.7 Å². The zero-order valence-electron chi connectivity index (χ0n) is 11.3. The number of imidazole rings is 1. The molecule has 3 aromatic rings. The maximum absolute atomic E-state index is 12.9. The quantitative estimate of drug-likeness (QED) is 0.741. The molecular formula is C16H16FN3. The third kappa shape index (κ3) is 2.37. The van der Waals surface area contributed by atoms with Crippen molar-refractivity contribution in [2.45, 2.75) is 19.9 Å². The molecule has 0 unspecified atom stereocenters. The van der Waals surface area contributed by atoms with Crippen LogP contribution in [-0.4, -0.2) is 9.55 Å². The number of hydrogen-bond donors (Lipinski definition) is 1. The number of nitrogen functional groups attached to an aromatic ring is 1. The van der Waals surface area contributed by atoms with E-state index in [2.05, 4.69) is 9.55 Å².